The van der Waals surface area contributed by atoms with Crippen LogP contribution in [-0.2, 0) is 9.53 Å². The van der Waals surface area contributed by atoms with Gasteiger partial charge in [0.05, 0.1) is 20.8 Å². The van der Waals surface area contributed by atoms with Crippen molar-refractivity contribution in [3.05, 3.63) is 54.1 Å². The van der Waals surface area contributed by atoms with Gasteiger partial charge in [0.2, 0.25) is 5.91 Å². The fraction of sp³-hybridized carbons (Fsp3) is 0.200. The third-order valence-electron chi connectivity index (χ3n) is 3.50. The first-order chi connectivity index (χ1) is 13.0. The predicted octanol–water partition coefficient (Wildman–Crippen LogP) is 3.92. The first-order valence-corrected chi connectivity index (χ1v) is 8.30. The smallest absolute Gasteiger partial charge is 0.411 e. The van der Waals surface area contributed by atoms with Gasteiger partial charge in [0.1, 0.15) is 0 Å². The van der Waals surface area contributed by atoms with E-state index in [2.05, 4.69) is 15.4 Å². The Bertz CT molecular complexity index is 816. The molecule has 0 aromatic heterocycles. The van der Waals surface area contributed by atoms with E-state index in [1.165, 1.54) is 13.2 Å². The SMILES string of the molecule is CCOc1cc(C=CC(=O)Nc2ccc(NC(=O)OC)cc2)ccc1OC. The molecule has 0 aliphatic rings. The highest BCUT2D eigenvalue weighted by Gasteiger charge is 2.05. The molecule has 0 aliphatic carbocycles. The second-order valence-electron chi connectivity index (χ2n) is 5.36. The number of carbonyl (C=O) groups is 2. The Labute approximate surface area is 157 Å². The quantitative estimate of drug-likeness (QED) is 0.722. The monoisotopic (exact) mass is 370 g/mol. The van der Waals surface area contributed by atoms with Crippen LogP contribution in [0.4, 0.5) is 16.2 Å². The zero-order chi connectivity index (χ0) is 19.6. The number of amides is 2. The average molecular weight is 370 g/mol. The van der Waals surface area contributed by atoms with Gasteiger partial charge in [0.25, 0.3) is 0 Å². The van der Waals surface area contributed by atoms with Crippen LogP contribution < -0.4 is 20.1 Å². The standard InChI is InChI=1S/C20H22N2O5/c1-4-27-18-13-14(5-11-17(18)25-2)6-12-19(23)21-15-7-9-16(10-8-15)22-20(24)26-3/h5-13H,4H2,1-3H3,(H,21,23)(H,22,24). The van der Waals surface area contributed by atoms with Gasteiger partial charge in [-0.1, -0.05) is 6.07 Å². The summed E-state index contributed by atoms with van der Waals surface area (Å²) in [5.41, 5.74) is 1.98. The Morgan fingerprint density at radius 3 is 2.22 bits per heavy atom. The lowest BCUT2D eigenvalue weighted by Crippen LogP contribution is -2.11. The number of hydrogen-bond donors (Lipinski definition) is 2. The number of nitrogens with one attached hydrogen (secondary N) is 2. The van der Waals surface area contributed by atoms with Crippen molar-refractivity contribution in [2.45, 2.75) is 6.92 Å². The average Bonchev–Trinajstić information content (AvgIpc) is 2.68. The highest BCUT2D eigenvalue weighted by Crippen LogP contribution is 2.28. The van der Waals surface area contributed by atoms with Crippen molar-refractivity contribution >= 4 is 29.5 Å². The lowest BCUT2D eigenvalue weighted by atomic mass is 10.2. The van der Waals surface area contributed by atoms with E-state index in [-0.39, 0.29) is 5.91 Å². The predicted molar refractivity (Wildman–Crippen MR) is 104 cm³/mol. The van der Waals surface area contributed by atoms with Crippen LogP contribution in [0.1, 0.15) is 12.5 Å². The third kappa shape index (κ3) is 6.07. The van der Waals surface area contributed by atoms with Crippen molar-refractivity contribution in [1.29, 1.82) is 0 Å². The summed E-state index contributed by atoms with van der Waals surface area (Å²) in [5.74, 6) is 0.979. The van der Waals surface area contributed by atoms with Gasteiger partial charge in [-0.15, -0.1) is 0 Å². The molecule has 0 aliphatic heterocycles. The lowest BCUT2D eigenvalue weighted by Gasteiger charge is -2.09. The Balaban J connectivity index is 1.98. The van der Waals surface area contributed by atoms with Crippen LogP contribution in [0.25, 0.3) is 6.08 Å². The maximum atomic E-state index is 12.1. The van der Waals surface area contributed by atoms with E-state index in [4.69, 9.17) is 9.47 Å². The van der Waals surface area contributed by atoms with Crippen molar-refractivity contribution in [1.82, 2.24) is 0 Å². The Morgan fingerprint density at radius 2 is 1.63 bits per heavy atom. The van der Waals surface area contributed by atoms with Gasteiger partial charge in [0, 0.05) is 17.5 Å². The molecule has 0 saturated carbocycles. The maximum Gasteiger partial charge on any atom is 0.411 e. The van der Waals surface area contributed by atoms with Gasteiger partial charge in [-0.2, -0.15) is 0 Å². The number of rotatable bonds is 7. The number of benzene rings is 2. The summed E-state index contributed by atoms with van der Waals surface area (Å²) < 4.78 is 15.3. The Kier molecular flexibility index (Phi) is 7.25. The summed E-state index contributed by atoms with van der Waals surface area (Å²) in [4.78, 5) is 23.2. The van der Waals surface area contributed by atoms with Crippen molar-refractivity contribution in [2.24, 2.45) is 0 Å². The van der Waals surface area contributed by atoms with E-state index in [9.17, 15) is 9.59 Å². The number of hydrogen-bond acceptors (Lipinski definition) is 5. The molecule has 0 radical (unpaired) electrons. The highest BCUT2D eigenvalue weighted by atomic mass is 16.5. The molecule has 2 aromatic carbocycles. The topological polar surface area (TPSA) is 85.9 Å². The molecule has 142 valence electrons. The van der Waals surface area contributed by atoms with Crippen molar-refractivity contribution < 1.29 is 23.8 Å². The van der Waals surface area contributed by atoms with Crippen LogP contribution in [0.3, 0.4) is 0 Å². The van der Waals surface area contributed by atoms with Crippen LogP contribution in [0.5, 0.6) is 11.5 Å². The molecule has 0 fully saturated rings. The van der Waals surface area contributed by atoms with E-state index in [0.29, 0.717) is 29.5 Å². The molecule has 0 unspecified atom stereocenters. The summed E-state index contributed by atoms with van der Waals surface area (Å²) in [7, 11) is 2.86. The van der Waals surface area contributed by atoms with Crippen molar-refractivity contribution in [3.63, 3.8) is 0 Å². The van der Waals surface area contributed by atoms with Crippen LogP contribution in [0.15, 0.2) is 48.5 Å². The lowest BCUT2D eigenvalue weighted by molar-refractivity contribution is -0.111. The molecule has 2 aromatic rings. The minimum Gasteiger partial charge on any atom is -0.493 e. The molecule has 2 N–H and O–H groups in total. The second-order valence-corrected chi connectivity index (χ2v) is 5.36. The molecule has 0 bridgehead atoms. The summed E-state index contributed by atoms with van der Waals surface area (Å²) in [6, 6.07) is 12.1. The van der Waals surface area contributed by atoms with Gasteiger partial charge < -0.3 is 19.5 Å². The first kappa shape index (κ1) is 19.8. The third-order valence-corrected chi connectivity index (χ3v) is 3.50. The number of ether oxygens (including phenoxy) is 3. The Morgan fingerprint density at radius 1 is 0.963 bits per heavy atom. The molecular formula is C20H22N2O5. The fourth-order valence-electron chi connectivity index (χ4n) is 2.23. The van der Waals surface area contributed by atoms with Crippen LogP contribution in [0.2, 0.25) is 0 Å². The molecule has 2 amide bonds. The molecule has 0 heterocycles. The van der Waals surface area contributed by atoms with Gasteiger partial charge in [-0.25, -0.2) is 4.79 Å². The summed E-state index contributed by atoms with van der Waals surface area (Å²) in [6.07, 6.45) is 2.56. The normalized spacial score (nSPS) is 10.3. The zero-order valence-corrected chi connectivity index (χ0v) is 15.4. The second kappa shape index (κ2) is 9.86. The zero-order valence-electron chi connectivity index (χ0n) is 15.4. The van der Waals surface area contributed by atoms with Crippen LogP contribution >= 0.6 is 0 Å². The van der Waals surface area contributed by atoms with Crippen LogP contribution in [0, 0.1) is 0 Å². The minimum absolute atomic E-state index is 0.280. The molecule has 27 heavy (non-hydrogen) atoms. The van der Waals surface area contributed by atoms with Crippen molar-refractivity contribution in [3.8, 4) is 11.5 Å². The van der Waals surface area contributed by atoms with Crippen LogP contribution in [-0.4, -0.2) is 32.8 Å². The molecule has 0 saturated heterocycles. The van der Waals surface area contributed by atoms with Gasteiger partial charge in [-0.05, 0) is 55.0 Å². The maximum absolute atomic E-state index is 12.1. The summed E-state index contributed by atoms with van der Waals surface area (Å²) in [6.45, 7) is 2.41. The van der Waals surface area contributed by atoms with Gasteiger partial charge in [-0.3, -0.25) is 10.1 Å². The first-order valence-electron chi connectivity index (χ1n) is 8.30. The largest absolute Gasteiger partial charge is 0.493 e. The molecule has 0 atom stereocenters. The van der Waals surface area contributed by atoms with E-state index in [1.54, 1.807) is 49.6 Å². The molecular weight excluding hydrogens is 348 g/mol. The van der Waals surface area contributed by atoms with E-state index in [0.717, 1.165) is 5.56 Å². The van der Waals surface area contributed by atoms with Gasteiger partial charge >= 0.3 is 6.09 Å². The van der Waals surface area contributed by atoms with E-state index in [1.807, 2.05) is 13.0 Å². The Hall–Kier alpha value is -3.48. The molecule has 7 nitrogen and oxygen atoms in total. The van der Waals surface area contributed by atoms with Crippen molar-refractivity contribution in [2.75, 3.05) is 31.5 Å². The molecule has 2 rings (SSSR count). The van der Waals surface area contributed by atoms with E-state index >= 15 is 0 Å². The number of carbonyl (C=O) groups excluding carboxylic acids is 2. The number of anilines is 2. The molecule has 7 heteroatoms. The van der Waals surface area contributed by atoms with Gasteiger partial charge in [0.15, 0.2) is 11.5 Å². The summed E-state index contributed by atoms with van der Waals surface area (Å²) in [5, 5.41) is 5.28. The fourth-order valence-corrected chi connectivity index (χ4v) is 2.23. The minimum atomic E-state index is -0.555. The van der Waals surface area contributed by atoms with E-state index < -0.39 is 6.09 Å². The highest BCUT2D eigenvalue weighted by molar-refractivity contribution is 6.02. The molecule has 0 spiro atoms. The number of methoxy groups -OCH3 is 2. The summed E-state index contributed by atoms with van der Waals surface area (Å²) >= 11 is 0.